The standard InChI is InChI=1S/C21H22ClN3O2/c1-14-7-8-19(22)20(9-14)27-13-16-5-4-6-17(10-16)21(26)23-11-18-12-25(3)24-15(18)2/h4-10,12H,11,13H2,1-3H3,(H,23,26). The highest BCUT2D eigenvalue weighted by Gasteiger charge is 2.09. The molecule has 1 heterocycles. The number of ether oxygens (including phenoxy) is 1. The molecule has 3 aromatic rings. The van der Waals surface area contributed by atoms with Crippen molar-refractivity contribution in [2.24, 2.45) is 7.05 Å². The Balaban J connectivity index is 1.63. The van der Waals surface area contributed by atoms with Gasteiger partial charge in [0.1, 0.15) is 12.4 Å². The van der Waals surface area contributed by atoms with Gasteiger partial charge in [-0.25, -0.2) is 0 Å². The van der Waals surface area contributed by atoms with Crippen molar-refractivity contribution in [3.63, 3.8) is 0 Å². The number of aromatic nitrogens is 2. The second kappa shape index (κ2) is 8.27. The van der Waals surface area contributed by atoms with Crippen LogP contribution in [0, 0.1) is 13.8 Å². The maximum absolute atomic E-state index is 12.5. The van der Waals surface area contributed by atoms with E-state index in [0.29, 0.717) is 29.5 Å². The zero-order valence-corrected chi connectivity index (χ0v) is 16.4. The maximum Gasteiger partial charge on any atom is 0.251 e. The van der Waals surface area contributed by atoms with Crippen molar-refractivity contribution in [1.29, 1.82) is 0 Å². The molecule has 1 amide bonds. The van der Waals surface area contributed by atoms with E-state index in [1.54, 1.807) is 10.7 Å². The van der Waals surface area contributed by atoms with E-state index in [0.717, 1.165) is 22.4 Å². The minimum absolute atomic E-state index is 0.131. The number of amides is 1. The Hall–Kier alpha value is -2.79. The number of aryl methyl sites for hydroxylation is 3. The number of halogens is 1. The number of nitrogens with one attached hydrogen (secondary N) is 1. The molecular weight excluding hydrogens is 362 g/mol. The summed E-state index contributed by atoms with van der Waals surface area (Å²) in [5, 5.41) is 7.78. The van der Waals surface area contributed by atoms with Crippen LogP contribution in [0.4, 0.5) is 0 Å². The lowest BCUT2D eigenvalue weighted by atomic mass is 10.1. The monoisotopic (exact) mass is 383 g/mol. The summed E-state index contributed by atoms with van der Waals surface area (Å²) in [4.78, 5) is 12.5. The van der Waals surface area contributed by atoms with Gasteiger partial charge in [-0.3, -0.25) is 9.48 Å². The topological polar surface area (TPSA) is 56.1 Å². The highest BCUT2D eigenvalue weighted by molar-refractivity contribution is 6.32. The van der Waals surface area contributed by atoms with Crippen LogP contribution in [-0.4, -0.2) is 15.7 Å². The highest BCUT2D eigenvalue weighted by Crippen LogP contribution is 2.26. The summed E-state index contributed by atoms with van der Waals surface area (Å²) in [6.07, 6.45) is 1.91. The van der Waals surface area contributed by atoms with E-state index in [1.165, 1.54) is 0 Å². The van der Waals surface area contributed by atoms with E-state index in [2.05, 4.69) is 10.4 Å². The quantitative estimate of drug-likeness (QED) is 0.694. The van der Waals surface area contributed by atoms with Crippen molar-refractivity contribution >= 4 is 17.5 Å². The van der Waals surface area contributed by atoms with E-state index in [-0.39, 0.29) is 5.91 Å². The van der Waals surface area contributed by atoms with Crippen molar-refractivity contribution in [3.05, 3.63) is 81.6 Å². The molecule has 0 saturated heterocycles. The van der Waals surface area contributed by atoms with Gasteiger partial charge in [0.25, 0.3) is 5.91 Å². The highest BCUT2D eigenvalue weighted by atomic mass is 35.5. The molecular formula is C21H22ClN3O2. The van der Waals surface area contributed by atoms with Crippen LogP contribution < -0.4 is 10.1 Å². The van der Waals surface area contributed by atoms with Crippen LogP contribution >= 0.6 is 11.6 Å². The fourth-order valence-electron chi connectivity index (χ4n) is 2.78. The number of carbonyl (C=O) groups excluding carboxylic acids is 1. The fourth-order valence-corrected chi connectivity index (χ4v) is 2.96. The molecule has 1 N–H and O–H groups in total. The third-order valence-corrected chi connectivity index (χ3v) is 4.54. The Morgan fingerprint density at radius 1 is 1.22 bits per heavy atom. The molecule has 2 aromatic carbocycles. The minimum Gasteiger partial charge on any atom is -0.487 e. The number of rotatable bonds is 6. The van der Waals surface area contributed by atoms with Crippen LogP contribution in [-0.2, 0) is 20.2 Å². The van der Waals surface area contributed by atoms with Crippen molar-refractivity contribution in [3.8, 4) is 5.75 Å². The van der Waals surface area contributed by atoms with Gasteiger partial charge in [0.15, 0.2) is 0 Å². The van der Waals surface area contributed by atoms with Gasteiger partial charge in [-0.05, 0) is 49.2 Å². The fraction of sp³-hybridized carbons (Fsp3) is 0.238. The van der Waals surface area contributed by atoms with Crippen molar-refractivity contribution in [1.82, 2.24) is 15.1 Å². The first-order chi connectivity index (χ1) is 12.9. The Bertz CT molecular complexity index is 966. The summed E-state index contributed by atoms with van der Waals surface area (Å²) >= 11 is 6.16. The second-order valence-electron chi connectivity index (χ2n) is 6.52. The maximum atomic E-state index is 12.5. The Labute approximate surface area is 163 Å². The number of hydrogen-bond acceptors (Lipinski definition) is 3. The molecule has 3 rings (SSSR count). The Kier molecular flexibility index (Phi) is 5.81. The van der Waals surface area contributed by atoms with Gasteiger partial charge in [0.05, 0.1) is 10.7 Å². The lowest BCUT2D eigenvalue weighted by Gasteiger charge is -2.10. The van der Waals surface area contributed by atoms with Gasteiger partial charge in [0.2, 0.25) is 0 Å². The lowest BCUT2D eigenvalue weighted by Crippen LogP contribution is -2.23. The molecule has 0 aliphatic rings. The number of nitrogens with zero attached hydrogens (tertiary/aromatic N) is 2. The van der Waals surface area contributed by atoms with Crippen LogP contribution in [0.25, 0.3) is 0 Å². The Morgan fingerprint density at radius 2 is 2.04 bits per heavy atom. The SMILES string of the molecule is Cc1ccc(Cl)c(OCc2cccc(C(=O)NCc3cn(C)nc3C)c2)c1. The molecule has 140 valence electrons. The number of benzene rings is 2. The van der Waals surface area contributed by atoms with Crippen molar-refractivity contribution in [2.75, 3.05) is 0 Å². The molecule has 0 unspecified atom stereocenters. The van der Waals surface area contributed by atoms with E-state index < -0.39 is 0 Å². The smallest absolute Gasteiger partial charge is 0.251 e. The first kappa shape index (κ1) is 19.0. The van der Waals surface area contributed by atoms with E-state index in [4.69, 9.17) is 16.3 Å². The summed E-state index contributed by atoms with van der Waals surface area (Å²) in [6, 6.07) is 13.0. The molecule has 0 fully saturated rings. The normalized spacial score (nSPS) is 10.7. The molecule has 1 aromatic heterocycles. The zero-order valence-electron chi connectivity index (χ0n) is 15.6. The van der Waals surface area contributed by atoms with Gasteiger partial charge < -0.3 is 10.1 Å². The third kappa shape index (κ3) is 4.89. The molecule has 0 radical (unpaired) electrons. The predicted octanol–water partition coefficient (Wildman–Crippen LogP) is 4.20. The minimum atomic E-state index is -0.131. The first-order valence-corrected chi connectivity index (χ1v) is 9.05. The zero-order chi connectivity index (χ0) is 19.4. The number of hydrogen-bond donors (Lipinski definition) is 1. The van der Waals surface area contributed by atoms with Gasteiger partial charge >= 0.3 is 0 Å². The van der Waals surface area contributed by atoms with Crippen molar-refractivity contribution < 1.29 is 9.53 Å². The van der Waals surface area contributed by atoms with Crippen LogP contribution in [0.5, 0.6) is 5.75 Å². The van der Waals surface area contributed by atoms with Crippen LogP contribution in [0.1, 0.15) is 32.7 Å². The molecule has 0 atom stereocenters. The summed E-state index contributed by atoms with van der Waals surface area (Å²) in [5.74, 6) is 0.507. The van der Waals surface area contributed by atoms with Gasteiger partial charge in [-0.2, -0.15) is 5.10 Å². The number of carbonyl (C=O) groups is 1. The molecule has 5 nitrogen and oxygen atoms in total. The first-order valence-electron chi connectivity index (χ1n) is 8.67. The lowest BCUT2D eigenvalue weighted by molar-refractivity contribution is 0.0950. The summed E-state index contributed by atoms with van der Waals surface area (Å²) < 4.78 is 7.55. The summed E-state index contributed by atoms with van der Waals surface area (Å²) in [5.41, 5.74) is 4.48. The summed E-state index contributed by atoms with van der Waals surface area (Å²) in [6.45, 7) is 4.69. The largest absolute Gasteiger partial charge is 0.487 e. The molecule has 0 spiro atoms. The summed E-state index contributed by atoms with van der Waals surface area (Å²) in [7, 11) is 1.86. The van der Waals surface area contributed by atoms with E-state index >= 15 is 0 Å². The van der Waals surface area contributed by atoms with Crippen LogP contribution in [0.3, 0.4) is 0 Å². The van der Waals surface area contributed by atoms with Crippen LogP contribution in [0.2, 0.25) is 5.02 Å². The van der Waals surface area contributed by atoms with E-state index in [1.807, 2.05) is 63.5 Å². The predicted molar refractivity (Wildman–Crippen MR) is 106 cm³/mol. The average Bonchev–Trinajstić information content (AvgIpc) is 2.98. The molecule has 6 heteroatoms. The van der Waals surface area contributed by atoms with Crippen LogP contribution in [0.15, 0.2) is 48.7 Å². The third-order valence-electron chi connectivity index (χ3n) is 4.22. The van der Waals surface area contributed by atoms with Gasteiger partial charge in [-0.1, -0.05) is 29.8 Å². The molecule has 27 heavy (non-hydrogen) atoms. The Morgan fingerprint density at radius 3 is 2.78 bits per heavy atom. The van der Waals surface area contributed by atoms with Gasteiger partial charge in [0, 0.05) is 30.9 Å². The molecule has 0 saturated carbocycles. The molecule has 0 bridgehead atoms. The molecule has 0 aliphatic carbocycles. The van der Waals surface area contributed by atoms with Crippen molar-refractivity contribution in [2.45, 2.75) is 27.0 Å². The van der Waals surface area contributed by atoms with E-state index in [9.17, 15) is 4.79 Å². The molecule has 0 aliphatic heterocycles. The second-order valence-corrected chi connectivity index (χ2v) is 6.93. The van der Waals surface area contributed by atoms with Gasteiger partial charge in [-0.15, -0.1) is 0 Å². The average molecular weight is 384 g/mol.